The highest BCUT2D eigenvalue weighted by molar-refractivity contribution is 8.00. The minimum atomic E-state index is -0.471. The lowest BCUT2D eigenvalue weighted by Crippen LogP contribution is -2.28. The summed E-state index contributed by atoms with van der Waals surface area (Å²) in [5.74, 6) is 0.200. The van der Waals surface area contributed by atoms with Crippen LogP contribution in [-0.2, 0) is 4.79 Å². The monoisotopic (exact) mass is 416 g/mol. The van der Waals surface area contributed by atoms with Gasteiger partial charge in [-0.15, -0.1) is 0 Å². The van der Waals surface area contributed by atoms with E-state index in [0.29, 0.717) is 26.9 Å². The van der Waals surface area contributed by atoms with E-state index in [2.05, 4.69) is 15.3 Å². The van der Waals surface area contributed by atoms with Gasteiger partial charge >= 0.3 is 0 Å². The summed E-state index contributed by atoms with van der Waals surface area (Å²) in [6, 6.07) is 10.5. The number of halogens is 1. The number of amides is 1. The predicted molar refractivity (Wildman–Crippen MR) is 114 cm³/mol. The van der Waals surface area contributed by atoms with Crippen molar-refractivity contribution in [1.29, 1.82) is 0 Å². The van der Waals surface area contributed by atoms with Crippen LogP contribution >= 0.6 is 23.4 Å². The molecule has 0 fully saturated rings. The first kappa shape index (κ1) is 20.4. The quantitative estimate of drug-likeness (QED) is 0.471. The molecule has 1 aromatic carbocycles. The van der Waals surface area contributed by atoms with Gasteiger partial charge in [-0.25, -0.2) is 9.97 Å². The molecule has 0 bridgehead atoms. The van der Waals surface area contributed by atoms with Gasteiger partial charge in [-0.05, 0) is 44.5 Å². The van der Waals surface area contributed by atoms with E-state index in [0.717, 1.165) is 6.42 Å². The van der Waals surface area contributed by atoms with Crippen molar-refractivity contribution < 1.29 is 4.79 Å². The SMILES string of the molecule is CC[C@@H](C)n1c(S[C@H](C)C(=O)Nc2ccc(Cl)cn2)nc2ccccc2c1=O. The molecular weight excluding hydrogens is 396 g/mol. The normalized spacial score (nSPS) is 13.3. The van der Waals surface area contributed by atoms with Gasteiger partial charge < -0.3 is 5.32 Å². The van der Waals surface area contributed by atoms with Crippen LogP contribution < -0.4 is 10.9 Å². The second kappa shape index (κ2) is 8.75. The van der Waals surface area contributed by atoms with Crippen LogP contribution in [-0.4, -0.2) is 25.7 Å². The highest BCUT2D eigenvalue weighted by Gasteiger charge is 2.21. The molecule has 0 radical (unpaired) electrons. The molecule has 6 nitrogen and oxygen atoms in total. The zero-order valence-electron chi connectivity index (χ0n) is 15.8. The highest BCUT2D eigenvalue weighted by Crippen LogP contribution is 2.26. The third-order valence-electron chi connectivity index (χ3n) is 4.44. The number of carbonyl (C=O) groups is 1. The fraction of sp³-hybridized carbons (Fsp3) is 0.300. The molecule has 28 heavy (non-hydrogen) atoms. The van der Waals surface area contributed by atoms with E-state index < -0.39 is 5.25 Å². The molecule has 3 aromatic rings. The molecule has 1 amide bonds. The third-order valence-corrected chi connectivity index (χ3v) is 5.73. The number of nitrogens with one attached hydrogen (secondary N) is 1. The van der Waals surface area contributed by atoms with Gasteiger partial charge in [-0.3, -0.25) is 14.2 Å². The molecule has 0 aliphatic rings. The average molecular weight is 417 g/mol. The number of thioether (sulfide) groups is 1. The summed E-state index contributed by atoms with van der Waals surface area (Å²) < 4.78 is 1.68. The van der Waals surface area contributed by atoms with E-state index >= 15 is 0 Å². The topological polar surface area (TPSA) is 76.9 Å². The molecule has 146 valence electrons. The first-order valence-corrected chi connectivity index (χ1v) is 10.3. The number of anilines is 1. The first-order chi connectivity index (χ1) is 13.4. The molecule has 0 saturated heterocycles. The van der Waals surface area contributed by atoms with Crippen molar-refractivity contribution in [3.63, 3.8) is 0 Å². The summed E-state index contributed by atoms with van der Waals surface area (Å²) in [5.41, 5.74) is 0.538. The Morgan fingerprint density at radius 2 is 2.00 bits per heavy atom. The van der Waals surface area contributed by atoms with Crippen molar-refractivity contribution >= 4 is 46.0 Å². The molecule has 0 unspecified atom stereocenters. The zero-order valence-corrected chi connectivity index (χ0v) is 17.4. The summed E-state index contributed by atoms with van der Waals surface area (Å²) in [4.78, 5) is 34.3. The molecule has 3 rings (SSSR count). The minimum Gasteiger partial charge on any atom is -0.310 e. The summed E-state index contributed by atoms with van der Waals surface area (Å²) >= 11 is 7.08. The Bertz CT molecular complexity index is 1050. The van der Waals surface area contributed by atoms with Gasteiger partial charge in [-0.2, -0.15) is 0 Å². The number of fused-ring (bicyclic) bond motifs is 1. The molecule has 0 aliphatic heterocycles. The van der Waals surface area contributed by atoms with Crippen LogP contribution in [0.4, 0.5) is 5.82 Å². The van der Waals surface area contributed by atoms with Crippen LogP contribution in [0.1, 0.15) is 33.2 Å². The Morgan fingerprint density at radius 3 is 2.68 bits per heavy atom. The van der Waals surface area contributed by atoms with Gasteiger partial charge in [0, 0.05) is 12.2 Å². The Labute approximate surface area is 172 Å². The van der Waals surface area contributed by atoms with Crippen molar-refractivity contribution in [2.45, 2.75) is 43.6 Å². The lowest BCUT2D eigenvalue weighted by atomic mass is 10.2. The number of rotatable bonds is 6. The molecule has 2 aromatic heterocycles. The van der Waals surface area contributed by atoms with E-state index in [1.165, 1.54) is 18.0 Å². The number of aromatic nitrogens is 3. The van der Waals surface area contributed by atoms with Gasteiger partial charge in [0.1, 0.15) is 5.82 Å². The van der Waals surface area contributed by atoms with Crippen LogP contribution in [0.25, 0.3) is 10.9 Å². The van der Waals surface area contributed by atoms with E-state index in [1.54, 1.807) is 29.7 Å². The smallest absolute Gasteiger partial charge is 0.262 e. The third kappa shape index (κ3) is 4.36. The largest absolute Gasteiger partial charge is 0.310 e. The van der Waals surface area contributed by atoms with E-state index in [4.69, 9.17) is 11.6 Å². The zero-order chi connectivity index (χ0) is 20.3. The molecule has 8 heteroatoms. The Hall–Kier alpha value is -2.38. The summed E-state index contributed by atoms with van der Waals surface area (Å²) in [5, 5.41) is 3.90. The number of hydrogen-bond acceptors (Lipinski definition) is 5. The van der Waals surface area contributed by atoms with Crippen molar-refractivity contribution in [3.8, 4) is 0 Å². The van der Waals surface area contributed by atoms with Gasteiger partial charge in [0.05, 0.1) is 21.2 Å². The van der Waals surface area contributed by atoms with Crippen molar-refractivity contribution in [3.05, 3.63) is 58.0 Å². The standard InChI is InChI=1S/C20H21ClN4O2S/c1-4-12(2)25-19(27)15-7-5-6-8-16(15)23-20(25)28-13(3)18(26)24-17-10-9-14(21)11-22-17/h5-13H,4H2,1-3H3,(H,22,24,26)/t12-,13-/m1/s1. The minimum absolute atomic E-state index is 0.0275. The van der Waals surface area contributed by atoms with E-state index in [1.807, 2.05) is 32.0 Å². The maximum Gasteiger partial charge on any atom is 0.262 e. The van der Waals surface area contributed by atoms with Gasteiger partial charge in [0.25, 0.3) is 5.56 Å². The van der Waals surface area contributed by atoms with Crippen LogP contribution in [0.2, 0.25) is 5.02 Å². The molecule has 0 spiro atoms. The average Bonchev–Trinajstić information content (AvgIpc) is 2.69. The number of pyridine rings is 1. The van der Waals surface area contributed by atoms with Gasteiger partial charge in [0.15, 0.2) is 5.16 Å². The van der Waals surface area contributed by atoms with Crippen LogP contribution in [0.5, 0.6) is 0 Å². The first-order valence-electron chi connectivity index (χ1n) is 9.01. The molecular formula is C20H21ClN4O2S. The lowest BCUT2D eigenvalue weighted by Gasteiger charge is -2.20. The van der Waals surface area contributed by atoms with Crippen molar-refractivity contribution in [2.24, 2.45) is 0 Å². The Kier molecular flexibility index (Phi) is 6.36. The molecule has 0 aliphatic carbocycles. The predicted octanol–water partition coefficient (Wildman–Crippen LogP) is 4.54. The molecule has 1 N–H and O–H groups in total. The second-order valence-corrected chi connectivity index (χ2v) is 8.20. The fourth-order valence-corrected chi connectivity index (χ4v) is 3.79. The summed E-state index contributed by atoms with van der Waals surface area (Å²) in [6.07, 6.45) is 2.25. The second-order valence-electron chi connectivity index (χ2n) is 6.45. The highest BCUT2D eigenvalue weighted by atomic mass is 35.5. The lowest BCUT2D eigenvalue weighted by molar-refractivity contribution is -0.115. The van der Waals surface area contributed by atoms with Gasteiger partial charge in [-0.1, -0.05) is 42.4 Å². The Balaban J connectivity index is 1.90. The summed E-state index contributed by atoms with van der Waals surface area (Å²) in [7, 11) is 0. The number of para-hydroxylation sites is 1. The van der Waals surface area contributed by atoms with E-state index in [9.17, 15) is 9.59 Å². The number of hydrogen-bond donors (Lipinski definition) is 1. The van der Waals surface area contributed by atoms with Crippen LogP contribution in [0.3, 0.4) is 0 Å². The van der Waals surface area contributed by atoms with E-state index in [-0.39, 0.29) is 17.5 Å². The summed E-state index contributed by atoms with van der Waals surface area (Å²) in [6.45, 7) is 5.77. The van der Waals surface area contributed by atoms with Crippen molar-refractivity contribution in [1.82, 2.24) is 14.5 Å². The maximum absolute atomic E-state index is 13.0. The fourth-order valence-electron chi connectivity index (χ4n) is 2.67. The van der Waals surface area contributed by atoms with Crippen LogP contribution in [0.15, 0.2) is 52.5 Å². The number of benzene rings is 1. The number of carbonyl (C=O) groups excluding carboxylic acids is 1. The van der Waals surface area contributed by atoms with Crippen LogP contribution in [0, 0.1) is 0 Å². The van der Waals surface area contributed by atoms with Gasteiger partial charge in [0.2, 0.25) is 5.91 Å². The Morgan fingerprint density at radius 1 is 1.25 bits per heavy atom. The molecule has 0 saturated carbocycles. The molecule has 2 atom stereocenters. The number of nitrogens with zero attached hydrogens (tertiary/aromatic N) is 3. The van der Waals surface area contributed by atoms with Crippen molar-refractivity contribution in [2.75, 3.05) is 5.32 Å². The molecule has 2 heterocycles. The maximum atomic E-state index is 13.0.